The van der Waals surface area contributed by atoms with E-state index in [1.54, 1.807) is 0 Å². The zero-order chi connectivity index (χ0) is 11.3. The van der Waals surface area contributed by atoms with E-state index in [-0.39, 0.29) is 12.1 Å². The van der Waals surface area contributed by atoms with E-state index < -0.39 is 0 Å². The molecule has 0 radical (unpaired) electrons. The first-order valence-electron chi connectivity index (χ1n) is 4.55. The van der Waals surface area contributed by atoms with E-state index in [2.05, 4.69) is 15.3 Å². The Kier molecular flexibility index (Phi) is 4.07. The van der Waals surface area contributed by atoms with Crippen LogP contribution in [0.15, 0.2) is 15.3 Å². The number of nitrogens with two attached hydrogens (primary N) is 1. The van der Waals surface area contributed by atoms with Crippen molar-refractivity contribution in [3.63, 3.8) is 0 Å². The zero-order valence-electron chi connectivity index (χ0n) is 8.77. The highest BCUT2D eigenvalue weighted by atomic mass is 32.2. The molecule has 0 atom stereocenters. The highest BCUT2D eigenvalue weighted by Gasteiger charge is 2.29. The molecule has 1 aliphatic rings. The van der Waals surface area contributed by atoms with Crippen molar-refractivity contribution in [2.45, 2.75) is 25.9 Å². The van der Waals surface area contributed by atoms with Gasteiger partial charge in [-0.3, -0.25) is 4.99 Å². The summed E-state index contributed by atoms with van der Waals surface area (Å²) in [6.45, 7) is 4.37. The molecule has 0 aromatic heterocycles. The monoisotopic (exact) mass is 230 g/mol. The highest BCUT2D eigenvalue weighted by molar-refractivity contribution is 8.26. The van der Waals surface area contributed by atoms with Crippen LogP contribution < -0.4 is 5.73 Å². The molecule has 0 aromatic carbocycles. The maximum atomic E-state index is 9.81. The summed E-state index contributed by atoms with van der Waals surface area (Å²) in [7, 11) is 0. The van der Waals surface area contributed by atoms with Gasteiger partial charge in [-0.1, -0.05) is 10.3 Å². The van der Waals surface area contributed by atoms with Crippen LogP contribution in [0.4, 0.5) is 0 Å². The molecule has 0 bridgehead atoms. The Morgan fingerprint density at radius 1 is 1.67 bits per heavy atom. The average molecular weight is 230 g/mol. The van der Waals surface area contributed by atoms with Gasteiger partial charge in [0.15, 0.2) is 5.17 Å². The lowest BCUT2D eigenvalue weighted by Crippen LogP contribution is -2.19. The summed E-state index contributed by atoms with van der Waals surface area (Å²) in [6, 6.07) is 0. The Morgan fingerprint density at radius 3 is 2.93 bits per heavy atom. The SMILES string of the molecule is CC1(C)CC(SC(N)=NCCN=O)=NO1. The van der Waals surface area contributed by atoms with Gasteiger partial charge in [0.25, 0.3) is 0 Å². The van der Waals surface area contributed by atoms with Gasteiger partial charge in [-0.25, -0.2) is 0 Å². The van der Waals surface area contributed by atoms with Gasteiger partial charge >= 0.3 is 0 Å². The number of thioether (sulfide) groups is 1. The molecule has 0 aromatic rings. The normalized spacial score (nSPS) is 19.6. The smallest absolute Gasteiger partial charge is 0.160 e. The number of aliphatic imine (C=N–C) groups is 1. The number of hydrogen-bond acceptors (Lipinski definition) is 6. The Labute approximate surface area is 92.3 Å². The van der Waals surface area contributed by atoms with E-state index in [1.165, 1.54) is 11.8 Å². The standard InChI is InChI=1S/C8H14N4O2S/c1-8(2)5-6(12-14-8)15-7(9)10-3-4-11-13/h3-5H2,1-2H3,(H2,9,10). The predicted molar refractivity (Wildman–Crippen MR) is 62.0 cm³/mol. The molecule has 0 amide bonds. The molecule has 0 aliphatic carbocycles. The number of rotatable bonds is 3. The van der Waals surface area contributed by atoms with Gasteiger partial charge in [-0.15, -0.1) is 0 Å². The molecule has 1 rings (SSSR count). The van der Waals surface area contributed by atoms with E-state index in [4.69, 9.17) is 10.6 Å². The van der Waals surface area contributed by atoms with Crippen LogP contribution in [0.5, 0.6) is 0 Å². The molecule has 1 aliphatic heterocycles. The Bertz CT molecular complexity index is 301. The second-order valence-electron chi connectivity index (χ2n) is 3.69. The Hall–Kier alpha value is -1.11. The van der Waals surface area contributed by atoms with Gasteiger partial charge in [0, 0.05) is 6.42 Å². The van der Waals surface area contributed by atoms with E-state index in [0.29, 0.717) is 11.7 Å². The number of nitrogens with zero attached hydrogens (tertiary/aromatic N) is 3. The molecule has 2 N–H and O–H groups in total. The topological polar surface area (TPSA) is 89.4 Å². The summed E-state index contributed by atoms with van der Waals surface area (Å²) in [5, 5.41) is 7.77. The first-order valence-corrected chi connectivity index (χ1v) is 5.37. The lowest BCUT2D eigenvalue weighted by molar-refractivity contribution is 0.0123. The second-order valence-corrected chi connectivity index (χ2v) is 4.78. The fourth-order valence-electron chi connectivity index (χ4n) is 1.01. The molecule has 0 unspecified atom stereocenters. The van der Waals surface area contributed by atoms with Crippen LogP contribution in [0, 0.1) is 4.91 Å². The Balaban J connectivity index is 2.36. The van der Waals surface area contributed by atoms with Crippen LogP contribution in [0.3, 0.4) is 0 Å². The number of amidine groups is 1. The summed E-state index contributed by atoms with van der Waals surface area (Å²) in [6.07, 6.45) is 0.722. The van der Waals surface area contributed by atoms with Crippen molar-refractivity contribution in [2.24, 2.45) is 21.1 Å². The van der Waals surface area contributed by atoms with Crippen molar-refractivity contribution < 1.29 is 4.84 Å². The van der Waals surface area contributed by atoms with Gasteiger partial charge in [0.1, 0.15) is 17.2 Å². The van der Waals surface area contributed by atoms with E-state index in [1.807, 2.05) is 13.8 Å². The van der Waals surface area contributed by atoms with Crippen LogP contribution in [0.2, 0.25) is 0 Å². The van der Waals surface area contributed by atoms with Crippen LogP contribution in [0.25, 0.3) is 0 Å². The zero-order valence-corrected chi connectivity index (χ0v) is 9.58. The molecule has 7 heteroatoms. The number of hydrogen-bond donors (Lipinski definition) is 1. The molecule has 0 saturated heterocycles. The lowest BCUT2D eigenvalue weighted by Gasteiger charge is -2.12. The maximum absolute atomic E-state index is 9.81. The average Bonchev–Trinajstić information content (AvgIpc) is 2.46. The van der Waals surface area contributed by atoms with E-state index >= 15 is 0 Å². The van der Waals surface area contributed by atoms with Crippen molar-refractivity contribution in [3.05, 3.63) is 4.91 Å². The third-order valence-electron chi connectivity index (χ3n) is 1.65. The molecular formula is C8H14N4O2S. The van der Waals surface area contributed by atoms with Crippen molar-refractivity contribution >= 4 is 22.0 Å². The molecule has 15 heavy (non-hydrogen) atoms. The largest absolute Gasteiger partial charge is 0.389 e. The summed E-state index contributed by atoms with van der Waals surface area (Å²) < 4.78 is 0. The molecule has 0 spiro atoms. The van der Waals surface area contributed by atoms with Crippen LogP contribution in [0.1, 0.15) is 20.3 Å². The van der Waals surface area contributed by atoms with Crippen molar-refractivity contribution in [1.29, 1.82) is 0 Å². The fraction of sp³-hybridized carbons (Fsp3) is 0.750. The fourth-order valence-corrected chi connectivity index (χ4v) is 1.90. The minimum absolute atomic E-state index is 0.149. The van der Waals surface area contributed by atoms with E-state index in [9.17, 15) is 4.91 Å². The van der Waals surface area contributed by atoms with Crippen molar-refractivity contribution in [3.8, 4) is 0 Å². The molecule has 1 heterocycles. The number of nitroso groups, excluding NO2 is 1. The summed E-state index contributed by atoms with van der Waals surface area (Å²) >= 11 is 1.27. The van der Waals surface area contributed by atoms with Gasteiger partial charge in [-0.2, -0.15) is 4.91 Å². The summed E-state index contributed by atoms with van der Waals surface area (Å²) in [5.41, 5.74) is 5.36. The quantitative estimate of drug-likeness (QED) is 0.342. The summed E-state index contributed by atoms with van der Waals surface area (Å²) in [4.78, 5) is 18.9. The third-order valence-corrected chi connectivity index (χ3v) is 2.45. The molecule has 0 saturated carbocycles. The molecular weight excluding hydrogens is 216 g/mol. The second kappa shape index (κ2) is 5.11. The van der Waals surface area contributed by atoms with Gasteiger partial charge in [0.05, 0.1) is 6.54 Å². The molecule has 0 fully saturated rings. The predicted octanol–water partition coefficient (Wildman–Crippen LogP) is 1.31. The number of oxime groups is 1. The minimum atomic E-state index is -0.257. The van der Waals surface area contributed by atoms with E-state index in [0.717, 1.165) is 11.5 Å². The Morgan fingerprint density at radius 2 is 2.40 bits per heavy atom. The van der Waals surface area contributed by atoms with Gasteiger partial charge in [-0.05, 0) is 25.6 Å². The first kappa shape index (κ1) is 12.0. The van der Waals surface area contributed by atoms with Crippen LogP contribution in [-0.2, 0) is 4.84 Å². The van der Waals surface area contributed by atoms with Crippen LogP contribution >= 0.6 is 11.8 Å². The van der Waals surface area contributed by atoms with Crippen molar-refractivity contribution in [1.82, 2.24) is 0 Å². The minimum Gasteiger partial charge on any atom is -0.389 e. The molecule has 6 nitrogen and oxygen atoms in total. The van der Waals surface area contributed by atoms with Gasteiger partial charge in [0.2, 0.25) is 0 Å². The highest BCUT2D eigenvalue weighted by Crippen LogP contribution is 2.27. The van der Waals surface area contributed by atoms with Crippen molar-refractivity contribution in [2.75, 3.05) is 13.1 Å². The van der Waals surface area contributed by atoms with Gasteiger partial charge < -0.3 is 10.6 Å². The summed E-state index contributed by atoms with van der Waals surface area (Å²) in [5.74, 6) is 0. The maximum Gasteiger partial charge on any atom is 0.160 e. The molecule has 84 valence electrons. The van der Waals surface area contributed by atoms with Crippen LogP contribution in [-0.4, -0.2) is 28.9 Å². The third kappa shape index (κ3) is 4.28. The first-order chi connectivity index (χ1) is 7.03. The lowest BCUT2D eigenvalue weighted by atomic mass is 10.1.